The Labute approximate surface area is 148 Å². The molecule has 5 atom stereocenters. The minimum absolute atomic E-state index is 0.258. The van der Waals surface area contributed by atoms with Gasteiger partial charge in [-0.15, -0.1) is 11.8 Å². The maximum absolute atomic E-state index is 13.4. The third kappa shape index (κ3) is 3.60. The molecule has 4 rings (SSSR count). The largest absolute Gasteiger partial charge is 0.254 e. The number of halogens is 1. The van der Waals surface area contributed by atoms with Crippen LogP contribution in [0.5, 0.6) is 0 Å². The molecule has 1 saturated carbocycles. The Morgan fingerprint density at radius 2 is 1.88 bits per heavy atom. The fraction of sp³-hybridized carbons (Fsp3) is 1.00. The smallest absolute Gasteiger partial charge is 0.136 e. The fourth-order valence-electron chi connectivity index (χ4n) is 4.50. The van der Waals surface area contributed by atoms with Crippen LogP contribution in [0.4, 0.5) is 4.39 Å². The molecule has 0 aromatic carbocycles. The number of nitrogens with zero attached hydrogens (tertiary/aromatic N) is 1. The van der Waals surface area contributed by atoms with Crippen LogP contribution in [0.1, 0.15) is 52.4 Å². The molecule has 5 N–H and O–H groups in total. The van der Waals surface area contributed by atoms with Crippen molar-refractivity contribution in [2.45, 2.75) is 87.7 Å². The van der Waals surface area contributed by atoms with Gasteiger partial charge in [-0.3, -0.25) is 10.9 Å². The van der Waals surface area contributed by atoms with Crippen molar-refractivity contribution in [3.8, 4) is 0 Å². The van der Waals surface area contributed by atoms with E-state index in [9.17, 15) is 4.39 Å². The molecule has 1 aliphatic carbocycles. The van der Waals surface area contributed by atoms with Crippen LogP contribution in [0.3, 0.4) is 0 Å². The highest BCUT2D eigenvalue weighted by atomic mass is 32.2. The van der Waals surface area contributed by atoms with Crippen LogP contribution in [-0.2, 0) is 0 Å². The van der Waals surface area contributed by atoms with Gasteiger partial charge in [0.05, 0.1) is 11.5 Å². The molecule has 0 aromatic rings. The Morgan fingerprint density at radius 1 is 1.08 bits per heavy atom. The summed E-state index contributed by atoms with van der Waals surface area (Å²) in [5.41, 5.74) is 17.7. The number of rotatable bonds is 4. The molecular formula is C16H31FN6S. The molecule has 3 heterocycles. The van der Waals surface area contributed by atoms with E-state index < -0.39 is 6.17 Å². The van der Waals surface area contributed by atoms with Crippen molar-refractivity contribution in [1.82, 2.24) is 32.1 Å². The number of hydrogen-bond donors (Lipinski definition) is 5. The van der Waals surface area contributed by atoms with Crippen molar-refractivity contribution in [3.05, 3.63) is 0 Å². The predicted octanol–water partition coefficient (Wildman–Crippen LogP) is 1.39. The average Bonchev–Trinajstić information content (AvgIpc) is 3.22. The van der Waals surface area contributed by atoms with E-state index in [0.29, 0.717) is 36.2 Å². The van der Waals surface area contributed by atoms with Crippen molar-refractivity contribution >= 4 is 11.8 Å². The number of nitrogens with one attached hydrogen (secondary N) is 5. The summed E-state index contributed by atoms with van der Waals surface area (Å²) in [6, 6.07) is 1.00. The topological polar surface area (TPSA) is 63.4 Å². The molecule has 4 fully saturated rings. The molecule has 4 aliphatic rings. The first-order valence-corrected chi connectivity index (χ1v) is 10.4. The molecule has 0 amide bonds. The van der Waals surface area contributed by atoms with Gasteiger partial charge in [0.25, 0.3) is 0 Å². The molecule has 0 aromatic heterocycles. The summed E-state index contributed by atoms with van der Waals surface area (Å²) in [5, 5.41) is 2.70. The molecule has 3 aliphatic heterocycles. The summed E-state index contributed by atoms with van der Waals surface area (Å²) in [5.74, 6) is 1.24. The Morgan fingerprint density at radius 3 is 2.62 bits per heavy atom. The first kappa shape index (κ1) is 17.5. The second kappa shape index (κ2) is 7.34. The molecule has 5 unspecified atom stereocenters. The second-order valence-corrected chi connectivity index (χ2v) is 9.37. The number of alkyl halides is 1. The first-order valence-electron chi connectivity index (χ1n) is 9.46. The average molecular weight is 359 g/mol. The lowest BCUT2D eigenvalue weighted by Crippen LogP contribution is -2.53. The summed E-state index contributed by atoms with van der Waals surface area (Å²) < 4.78 is 13.4. The highest BCUT2D eigenvalue weighted by molar-refractivity contribution is 8.00. The maximum atomic E-state index is 13.4. The Hall–Kier alpha value is 0.0400. The van der Waals surface area contributed by atoms with Crippen LogP contribution in [0.15, 0.2) is 0 Å². The predicted molar refractivity (Wildman–Crippen MR) is 95.0 cm³/mol. The van der Waals surface area contributed by atoms with Gasteiger partial charge >= 0.3 is 0 Å². The third-order valence-electron chi connectivity index (χ3n) is 5.74. The number of fused-ring (bicyclic) bond motifs is 1. The van der Waals surface area contributed by atoms with Gasteiger partial charge in [-0.1, -0.05) is 13.8 Å². The van der Waals surface area contributed by atoms with Crippen LogP contribution in [0.2, 0.25) is 0 Å². The van der Waals surface area contributed by atoms with Crippen LogP contribution >= 0.6 is 11.8 Å². The highest BCUT2D eigenvalue weighted by Gasteiger charge is 2.48. The van der Waals surface area contributed by atoms with E-state index in [1.807, 2.05) is 11.8 Å². The highest BCUT2D eigenvalue weighted by Crippen LogP contribution is 2.37. The zero-order chi connectivity index (χ0) is 16.7. The summed E-state index contributed by atoms with van der Waals surface area (Å²) >= 11 is 1.93. The second-order valence-electron chi connectivity index (χ2n) is 8.15. The lowest BCUT2D eigenvalue weighted by Gasteiger charge is -2.33. The SMILES string of the molecule is CC(C)CC1CC(C2NN3C(NNC3C3CCC(F)CC3)S2)NN1. The quantitative estimate of drug-likeness (QED) is 0.521. The van der Waals surface area contributed by atoms with Gasteiger partial charge < -0.3 is 0 Å². The molecule has 0 bridgehead atoms. The molecule has 138 valence electrons. The molecular weight excluding hydrogens is 327 g/mol. The summed E-state index contributed by atoms with van der Waals surface area (Å²) in [7, 11) is 0. The third-order valence-corrected chi connectivity index (χ3v) is 7.07. The number of hydrogen-bond acceptors (Lipinski definition) is 7. The van der Waals surface area contributed by atoms with Crippen LogP contribution in [-0.4, -0.2) is 40.3 Å². The minimum Gasteiger partial charge on any atom is -0.254 e. The lowest BCUT2D eigenvalue weighted by molar-refractivity contribution is 0.0735. The maximum Gasteiger partial charge on any atom is 0.136 e. The van der Waals surface area contributed by atoms with Crippen LogP contribution in [0.25, 0.3) is 0 Å². The van der Waals surface area contributed by atoms with E-state index in [0.717, 1.165) is 25.2 Å². The Balaban J connectivity index is 1.31. The van der Waals surface area contributed by atoms with E-state index in [1.165, 1.54) is 6.42 Å². The molecule has 8 heteroatoms. The van der Waals surface area contributed by atoms with Gasteiger partial charge in [0, 0.05) is 12.1 Å². The minimum atomic E-state index is -0.591. The fourth-order valence-corrected chi connectivity index (χ4v) is 5.79. The van der Waals surface area contributed by atoms with Gasteiger partial charge in [-0.25, -0.2) is 20.7 Å². The standard InChI is InChI=1S/C16H31FN6S/c1-9(2)7-12-8-13(19-18-12)15-22-23-14(20-21-16(23)24-15)10-3-5-11(17)6-4-10/h9-16,18-22H,3-8H2,1-2H3. The van der Waals surface area contributed by atoms with Gasteiger partial charge in [-0.2, -0.15) is 5.01 Å². The van der Waals surface area contributed by atoms with Crippen molar-refractivity contribution in [2.75, 3.05) is 0 Å². The zero-order valence-electron chi connectivity index (χ0n) is 14.6. The van der Waals surface area contributed by atoms with E-state index in [1.54, 1.807) is 0 Å². The van der Waals surface area contributed by atoms with E-state index >= 15 is 0 Å². The van der Waals surface area contributed by atoms with E-state index in [-0.39, 0.29) is 11.7 Å². The van der Waals surface area contributed by atoms with Gasteiger partial charge in [0.15, 0.2) is 0 Å². The first-order chi connectivity index (χ1) is 11.6. The van der Waals surface area contributed by atoms with Crippen molar-refractivity contribution in [3.63, 3.8) is 0 Å². The van der Waals surface area contributed by atoms with E-state index in [4.69, 9.17) is 0 Å². The van der Waals surface area contributed by atoms with Crippen LogP contribution in [0, 0.1) is 11.8 Å². The van der Waals surface area contributed by atoms with E-state index in [2.05, 4.69) is 46.0 Å². The molecule has 24 heavy (non-hydrogen) atoms. The Kier molecular flexibility index (Phi) is 5.34. The van der Waals surface area contributed by atoms with Gasteiger partial charge in [-0.05, 0) is 50.4 Å². The van der Waals surface area contributed by atoms with Gasteiger partial charge in [0.1, 0.15) is 11.7 Å². The monoisotopic (exact) mass is 358 g/mol. The normalized spacial score (nSPS) is 46.8. The lowest BCUT2D eigenvalue weighted by atomic mass is 9.86. The summed E-state index contributed by atoms with van der Waals surface area (Å²) in [6.07, 6.45) is 5.41. The van der Waals surface area contributed by atoms with Crippen molar-refractivity contribution in [2.24, 2.45) is 11.8 Å². The molecule has 0 radical (unpaired) electrons. The van der Waals surface area contributed by atoms with Crippen molar-refractivity contribution in [1.29, 1.82) is 0 Å². The molecule has 6 nitrogen and oxygen atoms in total. The number of thioether (sulfide) groups is 1. The molecule has 0 spiro atoms. The summed E-state index contributed by atoms with van der Waals surface area (Å²) in [6.45, 7) is 4.56. The number of hydrazine groups is 3. The molecule has 3 saturated heterocycles. The van der Waals surface area contributed by atoms with Crippen LogP contribution < -0.4 is 27.1 Å². The zero-order valence-corrected chi connectivity index (χ0v) is 15.4. The summed E-state index contributed by atoms with van der Waals surface area (Å²) in [4.78, 5) is 0. The Bertz CT molecular complexity index is 433. The van der Waals surface area contributed by atoms with Gasteiger partial charge in [0.2, 0.25) is 0 Å². The van der Waals surface area contributed by atoms with Crippen molar-refractivity contribution < 1.29 is 4.39 Å².